The van der Waals surface area contributed by atoms with Crippen LogP contribution < -0.4 is 5.32 Å². The number of hydrogen-bond donors (Lipinski definition) is 3. The Morgan fingerprint density at radius 3 is 2.39 bits per heavy atom. The molecule has 1 saturated heterocycles. The van der Waals surface area contributed by atoms with E-state index in [0.717, 1.165) is 0 Å². The van der Waals surface area contributed by atoms with Gasteiger partial charge in [0, 0.05) is 0 Å². The Kier molecular flexibility index (Phi) is 3.64. The molecule has 0 radical (unpaired) electrons. The molecule has 2 unspecified atom stereocenters. The molecule has 1 aliphatic heterocycles. The Morgan fingerprint density at radius 2 is 2.06 bits per heavy atom. The van der Waals surface area contributed by atoms with E-state index >= 15 is 0 Å². The average molecular weight is 255 g/mol. The van der Waals surface area contributed by atoms with E-state index in [-0.39, 0.29) is 6.42 Å². The highest BCUT2D eigenvalue weighted by Gasteiger charge is 2.50. The lowest BCUT2D eigenvalue weighted by Crippen LogP contribution is -2.66. The van der Waals surface area contributed by atoms with E-state index in [4.69, 9.17) is 10.6 Å². The molecule has 1 rings (SSSR count). The first-order chi connectivity index (χ1) is 8.18. The van der Waals surface area contributed by atoms with Crippen LogP contribution in [0.25, 0.3) is 5.53 Å². The first-order valence-corrected chi connectivity index (χ1v) is 5.19. The summed E-state index contributed by atoms with van der Waals surface area (Å²) in [5, 5.41) is 20.7. The third-order valence-electron chi connectivity index (χ3n) is 2.76. The van der Waals surface area contributed by atoms with Gasteiger partial charge in [-0.05, 0) is 13.8 Å². The van der Waals surface area contributed by atoms with Gasteiger partial charge in [-0.15, -0.1) is 0 Å². The van der Waals surface area contributed by atoms with Crippen LogP contribution in [0.5, 0.6) is 0 Å². The van der Waals surface area contributed by atoms with Gasteiger partial charge < -0.3 is 21.1 Å². The third-order valence-corrected chi connectivity index (χ3v) is 2.76. The molecule has 2 atom stereocenters. The number of carbonyl (C=O) groups excluding carboxylic acids is 2. The number of amides is 1. The van der Waals surface area contributed by atoms with E-state index in [1.165, 1.54) is 13.8 Å². The summed E-state index contributed by atoms with van der Waals surface area (Å²) in [4.78, 5) is 35.5. The lowest BCUT2D eigenvalue weighted by Gasteiger charge is -2.42. The minimum absolute atomic E-state index is 0.248. The van der Waals surface area contributed by atoms with Gasteiger partial charge in [0.15, 0.2) is 0 Å². The minimum atomic E-state index is -1.74. The summed E-state index contributed by atoms with van der Waals surface area (Å²) in [6.45, 7) is 2.86. The summed E-state index contributed by atoms with van der Waals surface area (Å²) in [6.07, 6.45) is -0.248. The van der Waals surface area contributed by atoms with Crippen molar-refractivity contribution in [2.24, 2.45) is 5.92 Å². The normalized spacial score (nSPS) is 22.5. The number of carboxylic acid groups (broad SMARTS) is 1. The van der Waals surface area contributed by atoms with Crippen molar-refractivity contribution >= 4 is 23.4 Å². The van der Waals surface area contributed by atoms with Gasteiger partial charge in [0.1, 0.15) is 0 Å². The molecular formula is C10H13N3O5. The van der Waals surface area contributed by atoms with Crippen LogP contribution >= 0.6 is 0 Å². The summed E-state index contributed by atoms with van der Waals surface area (Å²) in [7, 11) is 0. The fourth-order valence-electron chi connectivity index (χ4n) is 1.94. The standard InChI is InChI=1S/C10H13N3O5/c1-10(2,18)6-4(12-8(6)15)3-5(13-11)7(14)9(16)17/h4,6,18H,3H2,1-2H3,(H,12,15)(H,16,17). The molecule has 0 saturated carbocycles. The molecule has 3 N–H and O–H groups in total. The van der Waals surface area contributed by atoms with Crippen LogP contribution in [0, 0.1) is 5.92 Å². The molecule has 0 spiro atoms. The van der Waals surface area contributed by atoms with Crippen LogP contribution in [-0.2, 0) is 14.4 Å². The number of Topliss-reactive ketones (excluding diaryl/α,β-unsaturated/α-hetero) is 1. The molecule has 1 heterocycles. The van der Waals surface area contributed by atoms with Crippen molar-refractivity contribution in [1.29, 1.82) is 0 Å². The lowest BCUT2D eigenvalue weighted by molar-refractivity contribution is -0.149. The van der Waals surface area contributed by atoms with Crippen molar-refractivity contribution in [3.05, 3.63) is 5.53 Å². The molecule has 98 valence electrons. The van der Waals surface area contributed by atoms with Crippen molar-refractivity contribution in [2.45, 2.75) is 31.9 Å². The number of ketones is 1. The molecular weight excluding hydrogens is 242 g/mol. The summed E-state index contributed by atoms with van der Waals surface area (Å²) < 4.78 is 0. The van der Waals surface area contributed by atoms with Crippen LogP contribution in [0.1, 0.15) is 20.3 Å². The predicted octanol–water partition coefficient (Wildman–Crippen LogP) is -1.41. The monoisotopic (exact) mass is 255 g/mol. The minimum Gasteiger partial charge on any atom is -0.475 e. The van der Waals surface area contributed by atoms with Gasteiger partial charge in [0.25, 0.3) is 0 Å². The molecule has 1 fully saturated rings. The summed E-state index contributed by atoms with van der Waals surface area (Å²) in [5.74, 6) is -4.26. The predicted molar refractivity (Wildman–Crippen MR) is 57.6 cm³/mol. The highest BCUT2D eigenvalue weighted by Crippen LogP contribution is 2.29. The second-order valence-electron chi connectivity index (χ2n) is 4.63. The number of hydrogen-bond acceptors (Lipinski definition) is 4. The number of carbonyl (C=O) groups is 3. The van der Waals surface area contributed by atoms with E-state index in [1.807, 2.05) is 0 Å². The molecule has 0 bridgehead atoms. The third kappa shape index (κ3) is 2.61. The van der Waals surface area contributed by atoms with Gasteiger partial charge in [-0.25, -0.2) is 4.79 Å². The van der Waals surface area contributed by atoms with Gasteiger partial charge in [-0.2, -0.15) is 4.79 Å². The molecule has 8 nitrogen and oxygen atoms in total. The van der Waals surface area contributed by atoms with Crippen molar-refractivity contribution < 1.29 is 29.4 Å². The first-order valence-electron chi connectivity index (χ1n) is 5.19. The molecule has 1 amide bonds. The Hall–Kier alpha value is -2.05. The van der Waals surface area contributed by atoms with Gasteiger partial charge in [-0.1, -0.05) is 0 Å². The van der Waals surface area contributed by atoms with Crippen LogP contribution in [-0.4, -0.2) is 50.0 Å². The Bertz CT molecular complexity index is 459. The van der Waals surface area contributed by atoms with Crippen LogP contribution in [0.4, 0.5) is 0 Å². The zero-order chi connectivity index (χ0) is 14.1. The summed E-state index contributed by atoms with van der Waals surface area (Å²) in [6, 6.07) is -0.633. The van der Waals surface area contributed by atoms with Crippen molar-refractivity contribution in [1.82, 2.24) is 5.32 Å². The number of nitrogens with zero attached hydrogens (tertiary/aromatic N) is 2. The van der Waals surface area contributed by atoms with Gasteiger partial charge in [-0.3, -0.25) is 9.59 Å². The van der Waals surface area contributed by atoms with Crippen LogP contribution in [0.2, 0.25) is 0 Å². The largest absolute Gasteiger partial charge is 0.475 e. The maximum absolute atomic E-state index is 11.3. The quantitative estimate of drug-likeness (QED) is 0.182. The van der Waals surface area contributed by atoms with Crippen molar-refractivity contribution in [2.75, 3.05) is 0 Å². The zero-order valence-electron chi connectivity index (χ0n) is 9.88. The lowest BCUT2D eigenvalue weighted by atomic mass is 9.76. The number of carboxylic acids is 1. The van der Waals surface area contributed by atoms with Gasteiger partial charge in [0.05, 0.1) is 24.0 Å². The number of β-lactam (4-membered cyclic amide) rings is 1. The number of rotatable bonds is 5. The molecule has 0 aromatic carbocycles. The van der Waals surface area contributed by atoms with Gasteiger partial charge in [0.2, 0.25) is 5.91 Å². The van der Waals surface area contributed by atoms with E-state index < -0.39 is 40.9 Å². The average Bonchev–Trinajstić information content (AvgIpc) is 2.19. The van der Waals surface area contributed by atoms with Gasteiger partial charge >= 0.3 is 17.5 Å². The number of nitrogens with one attached hydrogen (secondary N) is 1. The van der Waals surface area contributed by atoms with Crippen molar-refractivity contribution in [3.8, 4) is 0 Å². The fraction of sp³-hybridized carbons (Fsp3) is 0.600. The molecule has 0 aliphatic carbocycles. The van der Waals surface area contributed by atoms with E-state index in [1.54, 1.807) is 0 Å². The molecule has 8 heteroatoms. The number of aliphatic carboxylic acids is 1. The summed E-state index contributed by atoms with van der Waals surface area (Å²) >= 11 is 0. The maximum atomic E-state index is 11.3. The smallest absolute Gasteiger partial charge is 0.384 e. The molecule has 18 heavy (non-hydrogen) atoms. The Balaban J connectivity index is 2.80. The maximum Gasteiger partial charge on any atom is 0.384 e. The molecule has 0 aromatic heterocycles. The second kappa shape index (κ2) is 4.67. The fourth-order valence-corrected chi connectivity index (χ4v) is 1.94. The second-order valence-corrected chi connectivity index (χ2v) is 4.63. The summed E-state index contributed by atoms with van der Waals surface area (Å²) in [5.41, 5.74) is 6.72. The first kappa shape index (κ1) is 14.0. The topological polar surface area (TPSA) is 140 Å². The van der Waals surface area contributed by atoms with E-state index in [0.29, 0.717) is 0 Å². The Morgan fingerprint density at radius 1 is 1.50 bits per heavy atom. The van der Waals surface area contributed by atoms with E-state index in [9.17, 15) is 19.5 Å². The highest BCUT2D eigenvalue weighted by atomic mass is 16.4. The molecule has 1 aliphatic rings. The highest BCUT2D eigenvalue weighted by molar-refractivity contribution is 6.61. The van der Waals surface area contributed by atoms with Crippen LogP contribution in [0.15, 0.2) is 0 Å². The Labute approximate surface area is 102 Å². The zero-order valence-corrected chi connectivity index (χ0v) is 9.88. The van der Waals surface area contributed by atoms with Crippen LogP contribution in [0.3, 0.4) is 0 Å². The molecule has 0 aromatic rings. The van der Waals surface area contributed by atoms with E-state index in [2.05, 4.69) is 10.1 Å². The SMILES string of the molecule is CC(C)(O)C1C(=O)NC1CC(=[N+]=[N-])C(=O)C(=O)O. The van der Waals surface area contributed by atoms with Crippen molar-refractivity contribution in [3.63, 3.8) is 0 Å². The number of aliphatic hydroxyl groups is 1.